The van der Waals surface area contributed by atoms with E-state index in [0.29, 0.717) is 23.3 Å². The maximum absolute atomic E-state index is 9.51. The van der Waals surface area contributed by atoms with Crippen molar-refractivity contribution < 1.29 is 9.84 Å². The molecule has 1 aliphatic rings. The molecular formula is C10H11ClO2. The molecule has 0 amide bonds. The van der Waals surface area contributed by atoms with Gasteiger partial charge in [-0.2, -0.15) is 0 Å². The van der Waals surface area contributed by atoms with E-state index in [4.69, 9.17) is 16.3 Å². The highest BCUT2D eigenvalue weighted by Gasteiger charge is 2.19. The lowest BCUT2D eigenvalue weighted by Crippen LogP contribution is -2.17. The molecule has 3 heteroatoms. The summed E-state index contributed by atoms with van der Waals surface area (Å²) >= 11 is 5.81. The van der Waals surface area contributed by atoms with Crippen LogP contribution in [0.25, 0.3) is 0 Å². The summed E-state index contributed by atoms with van der Waals surface area (Å²) in [6.45, 7) is 2.78. The number of aromatic hydroxyl groups is 1. The maximum atomic E-state index is 9.51. The summed E-state index contributed by atoms with van der Waals surface area (Å²) in [5.41, 5.74) is 1.00. The lowest BCUT2D eigenvalue weighted by Gasteiger charge is -2.23. The van der Waals surface area contributed by atoms with Gasteiger partial charge in [-0.25, -0.2) is 0 Å². The van der Waals surface area contributed by atoms with Crippen LogP contribution in [0.5, 0.6) is 11.5 Å². The van der Waals surface area contributed by atoms with E-state index in [1.165, 1.54) is 6.07 Å². The van der Waals surface area contributed by atoms with Gasteiger partial charge in [-0.05, 0) is 24.0 Å². The van der Waals surface area contributed by atoms with Gasteiger partial charge in [-0.15, -0.1) is 0 Å². The van der Waals surface area contributed by atoms with Crippen LogP contribution in [0.4, 0.5) is 0 Å². The van der Waals surface area contributed by atoms with Gasteiger partial charge in [-0.1, -0.05) is 18.5 Å². The summed E-state index contributed by atoms with van der Waals surface area (Å²) in [5.74, 6) is 1.24. The summed E-state index contributed by atoms with van der Waals surface area (Å²) in [5, 5.41) is 10.1. The minimum absolute atomic E-state index is 0.148. The first-order chi connectivity index (χ1) is 6.16. The van der Waals surface area contributed by atoms with Crippen LogP contribution in [-0.2, 0) is 6.42 Å². The zero-order valence-electron chi connectivity index (χ0n) is 7.38. The number of hydrogen-bond donors (Lipinski definition) is 1. The van der Waals surface area contributed by atoms with Crippen molar-refractivity contribution in [2.24, 2.45) is 5.92 Å². The quantitative estimate of drug-likeness (QED) is 0.695. The number of hydrogen-bond acceptors (Lipinski definition) is 2. The molecule has 0 saturated carbocycles. The van der Waals surface area contributed by atoms with Gasteiger partial charge in [0.1, 0.15) is 0 Å². The van der Waals surface area contributed by atoms with Crippen LogP contribution in [0, 0.1) is 5.92 Å². The van der Waals surface area contributed by atoms with Gasteiger partial charge in [0.15, 0.2) is 11.5 Å². The minimum atomic E-state index is 0.148. The molecule has 2 nitrogen and oxygen atoms in total. The van der Waals surface area contributed by atoms with Crippen LogP contribution in [0.3, 0.4) is 0 Å². The number of benzene rings is 1. The largest absolute Gasteiger partial charge is 0.504 e. The SMILES string of the molecule is C[C@H]1COc2c(O)cc(Cl)cc2C1. The number of phenolic OH excluding ortho intramolecular Hbond substituents is 1. The van der Waals surface area contributed by atoms with E-state index in [1.54, 1.807) is 0 Å². The molecule has 1 aromatic rings. The topological polar surface area (TPSA) is 29.5 Å². The molecule has 1 heterocycles. The second-order valence-electron chi connectivity index (χ2n) is 3.53. The van der Waals surface area contributed by atoms with Crippen LogP contribution < -0.4 is 4.74 Å². The Morgan fingerprint density at radius 2 is 2.31 bits per heavy atom. The van der Waals surface area contributed by atoms with Crippen molar-refractivity contribution in [2.75, 3.05) is 6.61 Å². The Bertz CT molecular complexity index is 336. The second-order valence-corrected chi connectivity index (χ2v) is 3.97. The summed E-state index contributed by atoms with van der Waals surface area (Å²) in [4.78, 5) is 0. The van der Waals surface area contributed by atoms with Gasteiger partial charge in [0.25, 0.3) is 0 Å². The van der Waals surface area contributed by atoms with Crippen LogP contribution >= 0.6 is 11.6 Å². The molecule has 1 atom stereocenters. The Balaban J connectivity index is 2.47. The molecule has 0 aromatic heterocycles. The summed E-state index contributed by atoms with van der Waals surface area (Å²) in [6.07, 6.45) is 0.920. The second kappa shape index (κ2) is 3.11. The zero-order valence-corrected chi connectivity index (χ0v) is 8.14. The molecule has 0 saturated heterocycles. The normalized spacial score (nSPS) is 20.6. The first-order valence-corrected chi connectivity index (χ1v) is 4.69. The van der Waals surface area contributed by atoms with E-state index in [2.05, 4.69) is 6.92 Å². The molecule has 0 radical (unpaired) electrons. The zero-order chi connectivity index (χ0) is 9.42. The Morgan fingerprint density at radius 1 is 1.54 bits per heavy atom. The van der Waals surface area contributed by atoms with Crippen molar-refractivity contribution in [3.63, 3.8) is 0 Å². The summed E-state index contributed by atoms with van der Waals surface area (Å²) in [7, 11) is 0. The average molecular weight is 199 g/mol. The number of ether oxygens (including phenoxy) is 1. The van der Waals surface area contributed by atoms with Gasteiger partial charge in [0.2, 0.25) is 0 Å². The van der Waals surface area contributed by atoms with Crippen LogP contribution in [-0.4, -0.2) is 11.7 Å². The monoisotopic (exact) mass is 198 g/mol. The molecule has 0 fully saturated rings. The maximum Gasteiger partial charge on any atom is 0.164 e. The molecule has 13 heavy (non-hydrogen) atoms. The minimum Gasteiger partial charge on any atom is -0.504 e. The number of halogens is 1. The van der Waals surface area contributed by atoms with E-state index < -0.39 is 0 Å². The number of phenols is 1. The molecule has 0 bridgehead atoms. The van der Waals surface area contributed by atoms with Crippen molar-refractivity contribution in [1.82, 2.24) is 0 Å². The summed E-state index contributed by atoms with van der Waals surface area (Å²) < 4.78 is 5.41. The Kier molecular flexibility index (Phi) is 2.08. The molecule has 2 rings (SSSR count). The molecule has 0 unspecified atom stereocenters. The van der Waals surface area contributed by atoms with Gasteiger partial charge in [0.05, 0.1) is 6.61 Å². The lowest BCUT2D eigenvalue weighted by atomic mass is 9.98. The highest BCUT2D eigenvalue weighted by atomic mass is 35.5. The van der Waals surface area contributed by atoms with E-state index in [0.717, 1.165) is 12.0 Å². The number of rotatable bonds is 0. The standard InChI is InChI=1S/C10H11ClO2/c1-6-2-7-3-8(11)4-9(12)10(7)13-5-6/h3-4,6,12H,2,5H2,1H3/t6-/m1/s1. The van der Waals surface area contributed by atoms with Gasteiger partial charge in [-0.3, -0.25) is 0 Å². The van der Waals surface area contributed by atoms with Crippen molar-refractivity contribution in [3.05, 3.63) is 22.7 Å². The smallest absolute Gasteiger partial charge is 0.164 e. The molecule has 1 aromatic carbocycles. The molecule has 0 spiro atoms. The third-order valence-corrected chi connectivity index (χ3v) is 2.41. The molecule has 1 aliphatic heterocycles. The predicted molar refractivity (Wildman–Crippen MR) is 51.5 cm³/mol. The predicted octanol–water partition coefficient (Wildman–Crippen LogP) is 2.62. The highest BCUT2D eigenvalue weighted by Crippen LogP contribution is 2.37. The van der Waals surface area contributed by atoms with Crippen LogP contribution in [0.1, 0.15) is 12.5 Å². The molecular weight excluding hydrogens is 188 g/mol. The van der Waals surface area contributed by atoms with Crippen molar-refractivity contribution in [3.8, 4) is 11.5 Å². The van der Waals surface area contributed by atoms with Crippen molar-refractivity contribution in [1.29, 1.82) is 0 Å². The van der Waals surface area contributed by atoms with Gasteiger partial charge in [0, 0.05) is 11.1 Å². The van der Waals surface area contributed by atoms with Crippen LogP contribution in [0.15, 0.2) is 12.1 Å². The third kappa shape index (κ3) is 1.59. The molecule has 70 valence electrons. The van der Waals surface area contributed by atoms with Crippen molar-refractivity contribution in [2.45, 2.75) is 13.3 Å². The van der Waals surface area contributed by atoms with Crippen LogP contribution in [0.2, 0.25) is 5.02 Å². The Labute approximate surface area is 82.1 Å². The Morgan fingerprint density at radius 3 is 3.08 bits per heavy atom. The van der Waals surface area contributed by atoms with Gasteiger partial charge < -0.3 is 9.84 Å². The van der Waals surface area contributed by atoms with E-state index in [1.807, 2.05) is 6.07 Å². The van der Waals surface area contributed by atoms with E-state index in [9.17, 15) is 5.11 Å². The number of fused-ring (bicyclic) bond motifs is 1. The summed E-state index contributed by atoms with van der Waals surface area (Å²) in [6, 6.07) is 3.36. The van der Waals surface area contributed by atoms with Gasteiger partial charge >= 0.3 is 0 Å². The third-order valence-electron chi connectivity index (χ3n) is 2.19. The molecule has 0 aliphatic carbocycles. The highest BCUT2D eigenvalue weighted by molar-refractivity contribution is 6.30. The molecule has 1 N–H and O–H groups in total. The fourth-order valence-corrected chi connectivity index (χ4v) is 1.85. The fraction of sp³-hybridized carbons (Fsp3) is 0.400. The lowest BCUT2D eigenvalue weighted by molar-refractivity contribution is 0.224. The van der Waals surface area contributed by atoms with Crippen molar-refractivity contribution >= 4 is 11.6 Å². The Hall–Kier alpha value is -0.890. The first-order valence-electron chi connectivity index (χ1n) is 4.31. The average Bonchev–Trinajstić information content (AvgIpc) is 2.02. The van der Waals surface area contributed by atoms with E-state index in [-0.39, 0.29) is 5.75 Å². The fourth-order valence-electron chi connectivity index (χ4n) is 1.61. The first kappa shape index (κ1) is 8.70. The van der Waals surface area contributed by atoms with E-state index >= 15 is 0 Å².